The van der Waals surface area contributed by atoms with Gasteiger partial charge in [0.2, 0.25) is 0 Å². The standard InChI is InChI=1S/C13H23NO4/c1-12(15)13-3-4-14(11-13)5-6-17-9-10-18-8-7-16-2/h3-4,11-12,15H,5-10H2,1-2H3. The molecular weight excluding hydrogens is 234 g/mol. The molecule has 0 saturated heterocycles. The molecule has 1 rings (SSSR count). The van der Waals surface area contributed by atoms with Crippen LogP contribution in [0.4, 0.5) is 0 Å². The molecule has 1 aromatic heterocycles. The van der Waals surface area contributed by atoms with Gasteiger partial charge in [0.05, 0.1) is 39.1 Å². The molecule has 0 aliphatic heterocycles. The zero-order chi connectivity index (χ0) is 13.2. The number of hydrogen-bond donors (Lipinski definition) is 1. The lowest BCUT2D eigenvalue weighted by Crippen LogP contribution is -2.11. The Balaban J connectivity index is 2.00. The van der Waals surface area contributed by atoms with Crippen molar-refractivity contribution in [1.29, 1.82) is 0 Å². The van der Waals surface area contributed by atoms with Crippen molar-refractivity contribution in [2.24, 2.45) is 0 Å². The van der Waals surface area contributed by atoms with Gasteiger partial charge in [-0.3, -0.25) is 0 Å². The van der Waals surface area contributed by atoms with Crippen LogP contribution >= 0.6 is 0 Å². The molecule has 0 amide bonds. The van der Waals surface area contributed by atoms with Gasteiger partial charge in [-0.1, -0.05) is 0 Å². The second-order valence-electron chi connectivity index (χ2n) is 4.08. The maximum Gasteiger partial charge on any atom is 0.0776 e. The van der Waals surface area contributed by atoms with Crippen molar-refractivity contribution in [3.05, 3.63) is 24.0 Å². The third kappa shape index (κ3) is 6.16. The quantitative estimate of drug-likeness (QED) is 0.640. The predicted molar refractivity (Wildman–Crippen MR) is 68.6 cm³/mol. The van der Waals surface area contributed by atoms with E-state index in [2.05, 4.69) is 0 Å². The molecule has 1 atom stereocenters. The van der Waals surface area contributed by atoms with Crippen molar-refractivity contribution in [2.45, 2.75) is 19.6 Å². The second-order valence-corrected chi connectivity index (χ2v) is 4.08. The molecular formula is C13H23NO4. The van der Waals surface area contributed by atoms with Crippen molar-refractivity contribution in [1.82, 2.24) is 4.57 Å². The first-order valence-corrected chi connectivity index (χ1v) is 6.22. The van der Waals surface area contributed by atoms with Crippen molar-refractivity contribution in [3.63, 3.8) is 0 Å². The summed E-state index contributed by atoms with van der Waals surface area (Å²) in [4.78, 5) is 0. The van der Waals surface area contributed by atoms with Gasteiger partial charge in [-0.2, -0.15) is 0 Å². The van der Waals surface area contributed by atoms with Gasteiger partial charge >= 0.3 is 0 Å². The summed E-state index contributed by atoms with van der Waals surface area (Å²) in [5, 5.41) is 9.38. The molecule has 1 N–H and O–H groups in total. The summed E-state index contributed by atoms with van der Waals surface area (Å²) in [6.45, 7) is 5.59. The van der Waals surface area contributed by atoms with Crippen LogP contribution in [0.25, 0.3) is 0 Å². The normalized spacial score (nSPS) is 12.8. The Morgan fingerprint density at radius 1 is 1.17 bits per heavy atom. The largest absolute Gasteiger partial charge is 0.389 e. The number of aromatic nitrogens is 1. The maximum atomic E-state index is 9.38. The molecule has 1 heterocycles. The summed E-state index contributed by atoms with van der Waals surface area (Å²) in [5.41, 5.74) is 0.929. The number of hydrogen-bond acceptors (Lipinski definition) is 4. The lowest BCUT2D eigenvalue weighted by Gasteiger charge is -2.06. The SMILES string of the molecule is COCCOCCOCCn1ccc(C(C)O)c1. The van der Waals surface area contributed by atoms with Gasteiger partial charge in [-0.05, 0) is 18.6 Å². The van der Waals surface area contributed by atoms with Crippen LogP contribution in [0.2, 0.25) is 0 Å². The minimum Gasteiger partial charge on any atom is -0.389 e. The van der Waals surface area contributed by atoms with E-state index in [9.17, 15) is 5.11 Å². The number of aliphatic hydroxyl groups is 1. The Bertz CT molecular complexity index is 312. The van der Waals surface area contributed by atoms with Gasteiger partial charge in [0.15, 0.2) is 0 Å². The van der Waals surface area contributed by atoms with Crippen molar-refractivity contribution in [3.8, 4) is 0 Å². The van der Waals surface area contributed by atoms with E-state index in [0.717, 1.165) is 12.1 Å². The third-order valence-corrected chi connectivity index (χ3v) is 2.55. The Morgan fingerprint density at radius 3 is 2.44 bits per heavy atom. The highest BCUT2D eigenvalue weighted by Crippen LogP contribution is 2.11. The zero-order valence-electron chi connectivity index (χ0n) is 11.2. The summed E-state index contributed by atoms with van der Waals surface area (Å²) in [6, 6.07) is 1.92. The van der Waals surface area contributed by atoms with Gasteiger partial charge < -0.3 is 23.9 Å². The van der Waals surface area contributed by atoms with Gasteiger partial charge in [0.1, 0.15) is 0 Å². The van der Waals surface area contributed by atoms with Crippen LogP contribution in [-0.2, 0) is 20.8 Å². The topological polar surface area (TPSA) is 52.9 Å². The number of aliphatic hydroxyl groups excluding tert-OH is 1. The first-order chi connectivity index (χ1) is 8.74. The summed E-state index contributed by atoms with van der Waals surface area (Å²) in [7, 11) is 1.65. The second kappa shape index (κ2) is 9.10. The Labute approximate surface area is 108 Å². The number of methoxy groups -OCH3 is 1. The van der Waals surface area contributed by atoms with Crippen LogP contribution in [0.1, 0.15) is 18.6 Å². The smallest absolute Gasteiger partial charge is 0.0776 e. The fourth-order valence-corrected chi connectivity index (χ4v) is 1.48. The van der Waals surface area contributed by atoms with Crippen LogP contribution < -0.4 is 0 Å². The molecule has 0 fully saturated rings. The van der Waals surface area contributed by atoms with Crippen LogP contribution in [0, 0.1) is 0 Å². The van der Waals surface area contributed by atoms with Gasteiger partial charge in [-0.15, -0.1) is 0 Å². The minimum atomic E-state index is -0.415. The molecule has 1 unspecified atom stereocenters. The van der Waals surface area contributed by atoms with Crippen LogP contribution in [0.5, 0.6) is 0 Å². The average molecular weight is 257 g/mol. The molecule has 18 heavy (non-hydrogen) atoms. The number of rotatable bonds is 10. The molecule has 0 aliphatic carbocycles. The molecule has 0 bridgehead atoms. The first-order valence-electron chi connectivity index (χ1n) is 6.22. The van der Waals surface area contributed by atoms with Crippen LogP contribution in [0.15, 0.2) is 18.5 Å². The van der Waals surface area contributed by atoms with Crippen molar-refractivity contribution in [2.75, 3.05) is 40.1 Å². The Kier molecular flexibility index (Phi) is 7.68. The van der Waals surface area contributed by atoms with E-state index in [1.807, 2.05) is 23.0 Å². The van der Waals surface area contributed by atoms with E-state index >= 15 is 0 Å². The Hall–Kier alpha value is -0.880. The molecule has 1 aromatic rings. The molecule has 0 aliphatic rings. The average Bonchev–Trinajstić information content (AvgIpc) is 2.81. The summed E-state index contributed by atoms with van der Waals surface area (Å²) in [6.07, 6.45) is 3.46. The van der Waals surface area contributed by atoms with E-state index in [1.165, 1.54) is 0 Å². The lowest BCUT2D eigenvalue weighted by molar-refractivity contribution is 0.0230. The van der Waals surface area contributed by atoms with Gasteiger partial charge in [0.25, 0.3) is 0 Å². The molecule has 0 aromatic carbocycles. The fourth-order valence-electron chi connectivity index (χ4n) is 1.48. The molecule has 104 valence electrons. The molecule has 5 heteroatoms. The predicted octanol–water partition coefficient (Wildman–Crippen LogP) is 1.22. The third-order valence-electron chi connectivity index (χ3n) is 2.55. The highest BCUT2D eigenvalue weighted by atomic mass is 16.5. The van der Waals surface area contributed by atoms with E-state index < -0.39 is 6.10 Å². The maximum absolute atomic E-state index is 9.38. The van der Waals surface area contributed by atoms with Crippen LogP contribution in [0.3, 0.4) is 0 Å². The van der Waals surface area contributed by atoms with E-state index in [1.54, 1.807) is 14.0 Å². The fraction of sp³-hybridized carbons (Fsp3) is 0.692. The number of ether oxygens (including phenoxy) is 3. The highest BCUT2D eigenvalue weighted by molar-refractivity contribution is 5.12. The number of nitrogens with zero attached hydrogens (tertiary/aromatic N) is 1. The summed E-state index contributed by atoms with van der Waals surface area (Å²) in [5.74, 6) is 0. The summed E-state index contributed by atoms with van der Waals surface area (Å²) >= 11 is 0. The lowest BCUT2D eigenvalue weighted by atomic mass is 10.2. The summed E-state index contributed by atoms with van der Waals surface area (Å²) < 4.78 is 17.6. The van der Waals surface area contributed by atoms with Crippen molar-refractivity contribution < 1.29 is 19.3 Å². The van der Waals surface area contributed by atoms with Crippen LogP contribution in [-0.4, -0.2) is 49.8 Å². The molecule has 0 saturated carbocycles. The molecule has 0 spiro atoms. The monoisotopic (exact) mass is 257 g/mol. The van der Waals surface area contributed by atoms with Crippen molar-refractivity contribution >= 4 is 0 Å². The van der Waals surface area contributed by atoms with Gasteiger partial charge in [-0.25, -0.2) is 0 Å². The van der Waals surface area contributed by atoms with E-state index in [0.29, 0.717) is 33.0 Å². The zero-order valence-corrected chi connectivity index (χ0v) is 11.2. The molecule has 0 radical (unpaired) electrons. The molecule has 5 nitrogen and oxygen atoms in total. The minimum absolute atomic E-state index is 0.415. The van der Waals surface area contributed by atoms with E-state index in [-0.39, 0.29) is 0 Å². The first kappa shape index (κ1) is 15.2. The Morgan fingerprint density at radius 2 is 1.83 bits per heavy atom. The highest BCUT2D eigenvalue weighted by Gasteiger charge is 2.02. The van der Waals surface area contributed by atoms with E-state index in [4.69, 9.17) is 14.2 Å². The van der Waals surface area contributed by atoms with Gasteiger partial charge in [0, 0.05) is 26.0 Å².